The van der Waals surface area contributed by atoms with E-state index in [2.05, 4.69) is 9.97 Å². The van der Waals surface area contributed by atoms with Gasteiger partial charge in [0.25, 0.3) is 0 Å². The van der Waals surface area contributed by atoms with E-state index in [1.807, 2.05) is 25.1 Å². The average Bonchev–Trinajstić information content (AvgIpc) is 2.81. The first-order valence-electron chi connectivity index (χ1n) is 5.21. The van der Waals surface area contributed by atoms with E-state index in [0.717, 1.165) is 16.6 Å². The predicted octanol–water partition coefficient (Wildman–Crippen LogP) is 1.70. The zero-order valence-electron chi connectivity index (χ0n) is 9.15. The first-order chi connectivity index (χ1) is 8.15. The maximum absolute atomic E-state index is 11.4. The van der Waals surface area contributed by atoms with Crippen LogP contribution in [0.4, 0.5) is 0 Å². The number of hydrogen-bond donors (Lipinski definition) is 2. The molecule has 5 heteroatoms. The molecule has 0 bridgehead atoms. The number of aliphatic hydroxyl groups excluding tert-OH is 1. The zero-order valence-corrected chi connectivity index (χ0v) is 9.15. The van der Waals surface area contributed by atoms with Gasteiger partial charge in [0.15, 0.2) is 0 Å². The number of fused-ring (bicyclic) bond motifs is 1. The molecular weight excluding hydrogens is 220 g/mol. The zero-order chi connectivity index (χ0) is 12.0. The Bertz CT molecular complexity index is 655. The van der Waals surface area contributed by atoms with Gasteiger partial charge in [-0.2, -0.15) is 0 Å². The highest BCUT2D eigenvalue weighted by molar-refractivity contribution is 6.18. The highest BCUT2D eigenvalue weighted by atomic mass is 16.5. The van der Waals surface area contributed by atoms with Crippen LogP contribution in [0, 0.1) is 6.92 Å². The van der Waals surface area contributed by atoms with Gasteiger partial charge < -0.3 is 14.8 Å². The van der Waals surface area contributed by atoms with Crippen LogP contribution in [0.25, 0.3) is 16.6 Å². The number of aryl methyl sites for hydroxylation is 1. The molecule has 3 rings (SSSR count). The van der Waals surface area contributed by atoms with Crippen LogP contribution in [0.3, 0.4) is 0 Å². The summed E-state index contributed by atoms with van der Waals surface area (Å²) in [5.41, 5.74) is 2.81. The molecule has 0 atom stereocenters. The fourth-order valence-corrected chi connectivity index (χ4v) is 1.87. The summed E-state index contributed by atoms with van der Waals surface area (Å²) in [4.78, 5) is 18.7. The van der Waals surface area contributed by atoms with Gasteiger partial charge in [0, 0.05) is 0 Å². The molecule has 0 saturated heterocycles. The van der Waals surface area contributed by atoms with Crippen molar-refractivity contribution >= 4 is 22.6 Å². The molecule has 0 amide bonds. The summed E-state index contributed by atoms with van der Waals surface area (Å²) in [6, 6.07) is 5.74. The topological polar surface area (TPSA) is 75.2 Å². The molecule has 2 heterocycles. The number of nitrogens with zero attached hydrogens (tertiary/aromatic N) is 1. The second-order valence-electron chi connectivity index (χ2n) is 4.00. The summed E-state index contributed by atoms with van der Waals surface area (Å²) in [5.74, 6) is -0.269. The third-order valence-electron chi connectivity index (χ3n) is 2.71. The Morgan fingerprint density at radius 3 is 3.00 bits per heavy atom. The highest BCUT2D eigenvalue weighted by Crippen LogP contribution is 2.24. The molecular formula is C12H10N2O3. The Labute approximate surface area is 96.7 Å². The number of hydrogen-bond acceptors (Lipinski definition) is 4. The number of carbonyl (C=O) groups excluding carboxylic acids is 1. The maximum atomic E-state index is 11.4. The lowest BCUT2D eigenvalue weighted by atomic mass is 10.2. The van der Waals surface area contributed by atoms with E-state index < -0.39 is 5.97 Å². The van der Waals surface area contributed by atoms with Crippen LogP contribution < -0.4 is 0 Å². The van der Waals surface area contributed by atoms with Gasteiger partial charge in [-0.3, -0.25) is 0 Å². The third kappa shape index (κ3) is 1.47. The van der Waals surface area contributed by atoms with Gasteiger partial charge in [-0.15, -0.1) is 0 Å². The number of cyclic esters (lactones) is 1. The minimum Gasteiger partial charge on any atom is -0.508 e. The van der Waals surface area contributed by atoms with Crippen LogP contribution >= 0.6 is 0 Å². The molecule has 2 N–H and O–H groups in total. The van der Waals surface area contributed by atoms with Crippen molar-refractivity contribution in [3.05, 3.63) is 35.3 Å². The van der Waals surface area contributed by atoms with Gasteiger partial charge in [-0.05, 0) is 24.6 Å². The third-order valence-corrected chi connectivity index (χ3v) is 2.71. The number of rotatable bonds is 1. The average molecular weight is 230 g/mol. The van der Waals surface area contributed by atoms with Crippen molar-refractivity contribution in [2.24, 2.45) is 0 Å². The van der Waals surface area contributed by atoms with Gasteiger partial charge in [-0.1, -0.05) is 6.07 Å². The van der Waals surface area contributed by atoms with Gasteiger partial charge in [0.2, 0.25) is 0 Å². The minimum atomic E-state index is -0.543. The molecule has 0 aliphatic carbocycles. The Kier molecular flexibility index (Phi) is 1.95. The largest absolute Gasteiger partial charge is 0.508 e. The number of H-pyrrole nitrogens is 1. The van der Waals surface area contributed by atoms with Crippen molar-refractivity contribution in [1.29, 1.82) is 0 Å². The monoisotopic (exact) mass is 230 g/mol. The molecule has 1 aliphatic heterocycles. The van der Waals surface area contributed by atoms with Crippen LogP contribution in [-0.2, 0) is 9.53 Å². The number of carbonyl (C=O) groups is 1. The number of benzene rings is 1. The summed E-state index contributed by atoms with van der Waals surface area (Å²) < 4.78 is 4.73. The van der Waals surface area contributed by atoms with E-state index in [-0.39, 0.29) is 17.9 Å². The first-order valence-corrected chi connectivity index (χ1v) is 5.21. The summed E-state index contributed by atoms with van der Waals surface area (Å²) in [6.45, 7) is 1.89. The molecule has 1 aromatic carbocycles. The summed E-state index contributed by atoms with van der Waals surface area (Å²) in [6.07, 6.45) is 0. The highest BCUT2D eigenvalue weighted by Gasteiger charge is 2.28. The molecule has 0 saturated carbocycles. The number of aromatic nitrogens is 2. The number of nitrogens with one attached hydrogen (secondary N) is 1. The molecule has 0 fully saturated rings. The van der Waals surface area contributed by atoms with Gasteiger partial charge in [0.05, 0.1) is 11.0 Å². The lowest BCUT2D eigenvalue weighted by Crippen LogP contribution is -2.00. The predicted molar refractivity (Wildman–Crippen MR) is 61.3 cm³/mol. The fraction of sp³-hybridized carbons (Fsp3) is 0.167. The lowest BCUT2D eigenvalue weighted by Gasteiger charge is -1.92. The fourth-order valence-electron chi connectivity index (χ4n) is 1.87. The van der Waals surface area contributed by atoms with E-state index in [9.17, 15) is 9.90 Å². The second-order valence-corrected chi connectivity index (χ2v) is 4.00. The quantitative estimate of drug-likeness (QED) is 0.731. The van der Waals surface area contributed by atoms with Crippen molar-refractivity contribution in [3.8, 4) is 0 Å². The number of ether oxygens (including phenoxy) is 1. The van der Waals surface area contributed by atoms with Crippen molar-refractivity contribution in [2.45, 2.75) is 6.92 Å². The Hall–Kier alpha value is -2.30. The lowest BCUT2D eigenvalue weighted by molar-refractivity contribution is -0.134. The van der Waals surface area contributed by atoms with E-state index >= 15 is 0 Å². The standard InChI is InChI=1S/C12H10N2O3/c1-6-2-3-7-8(4-6)14-11(13-7)10-9(15)5-17-12(10)16/h2-4,15H,5H2,1H3,(H,13,14). The number of aromatic amines is 1. The molecule has 1 aliphatic rings. The molecule has 17 heavy (non-hydrogen) atoms. The smallest absolute Gasteiger partial charge is 0.345 e. The van der Waals surface area contributed by atoms with Crippen LogP contribution in [0.1, 0.15) is 11.4 Å². The minimum absolute atomic E-state index is 0.0780. The molecule has 0 spiro atoms. The molecule has 1 aromatic heterocycles. The molecule has 2 aromatic rings. The Balaban J connectivity index is 2.19. The normalized spacial score (nSPS) is 15.7. The molecule has 0 unspecified atom stereocenters. The molecule has 0 radical (unpaired) electrons. The van der Waals surface area contributed by atoms with Crippen molar-refractivity contribution in [3.63, 3.8) is 0 Å². The van der Waals surface area contributed by atoms with E-state index in [1.54, 1.807) is 0 Å². The van der Waals surface area contributed by atoms with Crippen molar-refractivity contribution in [1.82, 2.24) is 9.97 Å². The maximum Gasteiger partial charge on any atom is 0.345 e. The summed E-state index contributed by atoms with van der Waals surface area (Å²) in [5, 5.41) is 9.57. The number of esters is 1. The van der Waals surface area contributed by atoms with Crippen LogP contribution in [0.15, 0.2) is 24.0 Å². The van der Waals surface area contributed by atoms with E-state index in [0.29, 0.717) is 5.82 Å². The van der Waals surface area contributed by atoms with Crippen LogP contribution in [0.2, 0.25) is 0 Å². The van der Waals surface area contributed by atoms with Gasteiger partial charge in [0.1, 0.15) is 23.8 Å². The van der Waals surface area contributed by atoms with E-state index in [1.165, 1.54) is 0 Å². The van der Waals surface area contributed by atoms with Gasteiger partial charge in [-0.25, -0.2) is 9.78 Å². The molecule has 5 nitrogen and oxygen atoms in total. The van der Waals surface area contributed by atoms with E-state index in [4.69, 9.17) is 4.74 Å². The Morgan fingerprint density at radius 2 is 2.29 bits per heavy atom. The summed E-state index contributed by atoms with van der Waals surface area (Å²) >= 11 is 0. The van der Waals surface area contributed by atoms with Crippen LogP contribution in [0.5, 0.6) is 0 Å². The van der Waals surface area contributed by atoms with Crippen molar-refractivity contribution < 1.29 is 14.6 Å². The molecule has 86 valence electrons. The SMILES string of the molecule is Cc1ccc2nc(C3=C(O)COC3=O)[nH]c2c1. The first kappa shape index (κ1) is 9.89. The second kappa shape index (κ2) is 3.35. The van der Waals surface area contributed by atoms with Crippen LogP contribution in [-0.4, -0.2) is 27.7 Å². The number of imidazole rings is 1. The number of aliphatic hydroxyl groups is 1. The Morgan fingerprint density at radius 1 is 1.47 bits per heavy atom. The summed E-state index contributed by atoms with van der Waals surface area (Å²) in [7, 11) is 0. The van der Waals surface area contributed by atoms with Crippen molar-refractivity contribution in [2.75, 3.05) is 6.61 Å². The van der Waals surface area contributed by atoms with Gasteiger partial charge >= 0.3 is 5.97 Å².